The third kappa shape index (κ3) is 4.39. The number of hydrogen-bond donors (Lipinski definition) is 1. The van der Waals surface area contributed by atoms with Crippen molar-refractivity contribution in [1.82, 2.24) is 19.5 Å². The first kappa shape index (κ1) is 20.5. The Balaban J connectivity index is 1.75. The Labute approximate surface area is 180 Å². The molecule has 3 aromatic heterocycles. The fraction of sp³-hybridized carbons (Fsp3) is 0.143. The number of aromatic nitrogens is 4. The van der Waals surface area contributed by atoms with Crippen molar-refractivity contribution < 1.29 is 13.5 Å². The van der Waals surface area contributed by atoms with E-state index in [1.54, 1.807) is 34.9 Å². The quantitative estimate of drug-likeness (QED) is 0.440. The maximum absolute atomic E-state index is 12.3. The first-order chi connectivity index (χ1) is 15.0. The number of alkyl halides is 2. The van der Waals surface area contributed by atoms with Crippen molar-refractivity contribution in [2.45, 2.75) is 20.0 Å². The first-order valence-electron chi connectivity index (χ1n) is 9.24. The van der Waals surface area contributed by atoms with E-state index < -0.39 is 6.61 Å². The number of pyridine rings is 2. The van der Waals surface area contributed by atoms with E-state index >= 15 is 0 Å². The highest BCUT2D eigenvalue weighted by Crippen LogP contribution is 2.26. The van der Waals surface area contributed by atoms with Gasteiger partial charge in [-0.2, -0.15) is 14.0 Å². The van der Waals surface area contributed by atoms with Crippen molar-refractivity contribution in [3.63, 3.8) is 0 Å². The predicted octanol–water partition coefficient (Wildman–Crippen LogP) is 5.25. The van der Waals surface area contributed by atoms with Crippen molar-refractivity contribution in [1.29, 1.82) is 5.26 Å². The summed E-state index contributed by atoms with van der Waals surface area (Å²) >= 11 is 6.13. The Morgan fingerprint density at radius 1 is 1.19 bits per heavy atom. The molecule has 0 amide bonds. The normalized spacial score (nSPS) is 11.0. The molecule has 10 heteroatoms. The second-order valence-corrected chi connectivity index (χ2v) is 6.89. The van der Waals surface area contributed by atoms with Crippen LogP contribution < -0.4 is 10.1 Å². The van der Waals surface area contributed by atoms with Crippen LogP contribution in [-0.4, -0.2) is 26.1 Å². The zero-order valence-corrected chi connectivity index (χ0v) is 16.9. The van der Waals surface area contributed by atoms with Crippen LogP contribution >= 0.6 is 11.6 Å². The van der Waals surface area contributed by atoms with Gasteiger partial charge in [-0.15, -0.1) is 0 Å². The number of fused-ring (bicyclic) bond motifs is 1. The summed E-state index contributed by atoms with van der Waals surface area (Å²) in [4.78, 5) is 13.4. The number of aryl methyl sites for hydroxylation is 1. The molecule has 31 heavy (non-hydrogen) atoms. The molecule has 0 spiro atoms. The van der Waals surface area contributed by atoms with Crippen molar-refractivity contribution in [3.05, 3.63) is 65.1 Å². The van der Waals surface area contributed by atoms with Crippen molar-refractivity contribution >= 4 is 34.3 Å². The van der Waals surface area contributed by atoms with Crippen molar-refractivity contribution in [2.24, 2.45) is 0 Å². The molecule has 0 saturated heterocycles. The molecule has 0 aliphatic carbocycles. The van der Waals surface area contributed by atoms with Gasteiger partial charge in [-0.25, -0.2) is 15.0 Å². The van der Waals surface area contributed by atoms with Gasteiger partial charge in [0, 0.05) is 18.3 Å². The van der Waals surface area contributed by atoms with Crippen molar-refractivity contribution in [2.75, 3.05) is 5.32 Å². The summed E-state index contributed by atoms with van der Waals surface area (Å²) in [5.74, 6) is 1.63. The zero-order chi connectivity index (χ0) is 22.0. The molecule has 3 heterocycles. The molecular formula is C21H15ClF2N6O. The lowest BCUT2D eigenvalue weighted by atomic mass is 10.2. The summed E-state index contributed by atoms with van der Waals surface area (Å²) in [6, 6.07) is 13.1. The van der Waals surface area contributed by atoms with Crippen LogP contribution in [-0.2, 0) is 6.42 Å². The second kappa shape index (κ2) is 8.53. The molecule has 156 valence electrons. The number of rotatable bonds is 6. The molecule has 1 N–H and O–H groups in total. The van der Waals surface area contributed by atoms with Gasteiger partial charge in [-0.05, 0) is 42.5 Å². The van der Waals surface area contributed by atoms with Gasteiger partial charge in [0.15, 0.2) is 5.65 Å². The number of halogens is 3. The number of nitrogens with zero attached hydrogens (tertiary/aromatic N) is 5. The van der Waals surface area contributed by atoms with E-state index in [1.165, 1.54) is 18.3 Å². The molecule has 7 nitrogen and oxygen atoms in total. The minimum Gasteiger partial charge on any atom is -0.435 e. The van der Waals surface area contributed by atoms with E-state index in [1.807, 2.05) is 6.92 Å². The highest BCUT2D eigenvalue weighted by molar-refractivity contribution is 6.31. The van der Waals surface area contributed by atoms with E-state index in [0.717, 1.165) is 0 Å². The highest BCUT2D eigenvalue weighted by Gasteiger charge is 2.15. The first-order valence-corrected chi connectivity index (χ1v) is 9.62. The van der Waals surface area contributed by atoms with Gasteiger partial charge in [0.25, 0.3) is 0 Å². The van der Waals surface area contributed by atoms with Crippen LogP contribution in [0.5, 0.6) is 5.75 Å². The number of nitriles is 1. The van der Waals surface area contributed by atoms with Crippen LogP contribution in [0.2, 0.25) is 5.02 Å². The Morgan fingerprint density at radius 2 is 1.97 bits per heavy atom. The maximum Gasteiger partial charge on any atom is 0.387 e. The molecule has 0 atom stereocenters. The smallest absolute Gasteiger partial charge is 0.387 e. The summed E-state index contributed by atoms with van der Waals surface area (Å²) in [5, 5.41) is 13.0. The molecule has 0 unspecified atom stereocenters. The minimum atomic E-state index is -2.89. The monoisotopic (exact) mass is 440 g/mol. The standard InChI is InChI=1S/C21H15ClF2N6O/c1-2-18-29-20-16(9-13(22)11-26-20)30(18)19-8-12(10-25)7-17(28-19)27-14-3-5-15(6-4-14)31-21(23)24/h3-9,11,21H,2H2,1H3,(H,27,28). The van der Waals surface area contributed by atoms with Gasteiger partial charge >= 0.3 is 6.61 Å². The summed E-state index contributed by atoms with van der Waals surface area (Å²) in [7, 11) is 0. The molecule has 0 radical (unpaired) electrons. The fourth-order valence-electron chi connectivity index (χ4n) is 3.10. The largest absolute Gasteiger partial charge is 0.435 e. The van der Waals surface area contributed by atoms with Crippen LogP contribution in [0.4, 0.5) is 20.3 Å². The minimum absolute atomic E-state index is 0.0434. The van der Waals surface area contributed by atoms with Crippen LogP contribution in [0.15, 0.2) is 48.7 Å². The lowest BCUT2D eigenvalue weighted by Gasteiger charge is -2.12. The Morgan fingerprint density at radius 3 is 2.65 bits per heavy atom. The van der Waals surface area contributed by atoms with E-state index in [9.17, 15) is 14.0 Å². The number of imidazole rings is 1. The third-order valence-electron chi connectivity index (χ3n) is 4.39. The van der Waals surface area contributed by atoms with E-state index in [2.05, 4.69) is 31.1 Å². The van der Waals surface area contributed by atoms with Crippen LogP contribution in [0.3, 0.4) is 0 Å². The van der Waals surface area contributed by atoms with E-state index in [0.29, 0.717) is 51.3 Å². The average Bonchev–Trinajstić information content (AvgIpc) is 3.12. The molecular weight excluding hydrogens is 426 g/mol. The molecule has 1 aromatic carbocycles. The van der Waals surface area contributed by atoms with Crippen LogP contribution in [0.25, 0.3) is 17.0 Å². The lowest BCUT2D eigenvalue weighted by Crippen LogP contribution is -2.05. The number of ether oxygens (including phenoxy) is 1. The number of hydrogen-bond acceptors (Lipinski definition) is 6. The molecule has 0 aliphatic heterocycles. The summed E-state index contributed by atoms with van der Waals surface area (Å²) < 4.78 is 30.8. The lowest BCUT2D eigenvalue weighted by molar-refractivity contribution is -0.0498. The topological polar surface area (TPSA) is 88.7 Å². The Kier molecular flexibility index (Phi) is 5.64. The number of anilines is 2. The molecule has 4 rings (SSSR count). The van der Waals surface area contributed by atoms with Gasteiger partial charge in [0.05, 0.1) is 22.2 Å². The second-order valence-electron chi connectivity index (χ2n) is 6.45. The van der Waals surface area contributed by atoms with Crippen LogP contribution in [0.1, 0.15) is 18.3 Å². The fourth-order valence-corrected chi connectivity index (χ4v) is 3.26. The van der Waals surface area contributed by atoms with Crippen LogP contribution in [0, 0.1) is 11.3 Å². The van der Waals surface area contributed by atoms with Gasteiger partial charge < -0.3 is 10.1 Å². The molecule has 0 bridgehead atoms. The third-order valence-corrected chi connectivity index (χ3v) is 4.59. The SMILES string of the molecule is CCc1nc2ncc(Cl)cc2n1-c1cc(C#N)cc(Nc2ccc(OC(F)F)cc2)n1. The summed E-state index contributed by atoms with van der Waals surface area (Å²) in [6.07, 6.45) is 2.13. The Bertz CT molecular complexity index is 1280. The van der Waals surface area contributed by atoms with Gasteiger partial charge in [-0.1, -0.05) is 18.5 Å². The van der Waals surface area contributed by atoms with Crippen molar-refractivity contribution in [3.8, 4) is 17.6 Å². The maximum atomic E-state index is 12.3. The molecule has 0 aliphatic rings. The highest BCUT2D eigenvalue weighted by atomic mass is 35.5. The zero-order valence-electron chi connectivity index (χ0n) is 16.2. The Hall–Kier alpha value is -3.77. The molecule has 0 fully saturated rings. The number of benzene rings is 1. The average molecular weight is 441 g/mol. The van der Waals surface area contributed by atoms with E-state index in [4.69, 9.17) is 11.6 Å². The van der Waals surface area contributed by atoms with Gasteiger partial charge in [0.1, 0.15) is 23.2 Å². The number of nitrogens with one attached hydrogen (secondary N) is 1. The van der Waals surface area contributed by atoms with Gasteiger partial charge in [0.2, 0.25) is 0 Å². The molecule has 0 saturated carbocycles. The van der Waals surface area contributed by atoms with E-state index in [-0.39, 0.29) is 5.75 Å². The summed E-state index contributed by atoms with van der Waals surface area (Å²) in [6.45, 7) is -0.938. The summed E-state index contributed by atoms with van der Waals surface area (Å²) in [5.41, 5.74) is 2.16. The molecule has 4 aromatic rings. The van der Waals surface area contributed by atoms with Gasteiger partial charge in [-0.3, -0.25) is 4.57 Å². The predicted molar refractivity (Wildman–Crippen MR) is 112 cm³/mol.